The number of carbonyl (C=O) groups excluding carboxylic acids is 1. The van der Waals surface area contributed by atoms with Gasteiger partial charge in [0.1, 0.15) is 0 Å². The number of halogens is 4. The normalized spacial score (nSPS) is 11.0. The van der Waals surface area contributed by atoms with Crippen LogP contribution in [0.25, 0.3) is 0 Å². The van der Waals surface area contributed by atoms with Gasteiger partial charge in [0, 0.05) is 9.85 Å². The Bertz CT molecular complexity index is 786. The molecule has 0 bridgehead atoms. The molecule has 0 unspecified atom stereocenters. The highest BCUT2D eigenvalue weighted by Crippen LogP contribution is 2.32. The molecule has 1 aromatic carbocycles. The van der Waals surface area contributed by atoms with Crippen molar-refractivity contribution in [3.63, 3.8) is 0 Å². The molecule has 0 aliphatic heterocycles. The highest BCUT2D eigenvalue weighted by atomic mass is 79.9. The molecule has 5 nitrogen and oxygen atoms in total. The van der Waals surface area contributed by atoms with Crippen LogP contribution < -0.4 is 5.43 Å². The third-order valence-electron chi connectivity index (χ3n) is 2.69. The molecule has 0 fully saturated rings. The van der Waals surface area contributed by atoms with Crippen LogP contribution in [0, 0.1) is 5.82 Å². The van der Waals surface area contributed by atoms with Gasteiger partial charge in [-0.15, -0.1) is 11.3 Å². The molecule has 0 spiro atoms. The predicted molar refractivity (Wildman–Crippen MR) is 97.8 cm³/mol. The lowest BCUT2D eigenvalue weighted by molar-refractivity contribution is -0.142. The molecule has 0 atom stereocenters. The van der Waals surface area contributed by atoms with Crippen LogP contribution in [0.2, 0.25) is 10.0 Å². The molecular formula is C14H11BrCl2FN3O2S. The molecule has 0 saturated carbocycles. The SMILES string of the molecule is CCOC(=O)Cc1csc(NN=Cc2c(Cl)cc(Br)c(Cl)c2F)n1. The van der Waals surface area contributed by atoms with Gasteiger partial charge in [-0.1, -0.05) is 23.2 Å². The van der Waals surface area contributed by atoms with Crippen molar-refractivity contribution in [3.05, 3.63) is 43.0 Å². The fourth-order valence-electron chi connectivity index (χ4n) is 1.65. The van der Waals surface area contributed by atoms with Crippen LogP contribution >= 0.6 is 50.5 Å². The van der Waals surface area contributed by atoms with Crippen molar-refractivity contribution in [3.8, 4) is 0 Å². The summed E-state index contributed by atoms with van der Waals surface area (Å²) in [5.41, 5.74) is 3.27. The smallest absolute Gasteiger partial charge is 0.311 e. The first-order chi connectivity index (χ1) is 11.4. The molecule has 0 radical (unpaired) electrons. The van der Waals surface area contributed by atoms with Gasteiger partial charge in [-0.3, -0.25) is 10.2 Å². The molecule has 0 saturated heterocycles. The topological polar surface area (TPSA) is 63.6 Å². The maximum Gasteiger partial charge on any atom is 0.311 e. The second kappa shape index (κ2) is 8.75. The van der Waals surface area contributed by atoms with Crippen molar-refractivity contribution in [2.24, 2.45) is 5.10 Å². The van der Waals surface area contributed by atoms with Gasteiger partial charge in [-0.25, -0.2) is 9.37 Å². The molecule has 1 aromatic heterocycles. The number of hydrogen-bond donors (Lipinski definition) is 1. The number of aromatic nitrogens is 1. The minimum atomic E-state index is -0.677. The molecule has 2 rings (SSSR count). The molecule has 10 heteroatoms. The molecule has 128 valence electrons. The zero-order chi connectivity index (χ0) is 17.7. The third kappa shape index (κ3) is 4.89. The molecule has 1 heterocycles. The minimum absolute atomic E-state index is 0.0562. The van der Waals surface area contributed by atoms with Gasteiger partial charge in [0.15, 0.2) is 5.82 Å². The standard InChI is InChI=1S/C14H11BrCl2FN3O2S/c1-2-23-11(22)3-7-6-24-14(20-7)21-19-5-8-10(16)4-9(15)12(17)13(8)18/h4-6H,2-3H2,1H3,(H,20,21). The Balaban J connectivity index is 2.04. The minimum Gasteiger partial charge on any atom is -0.466 e. The Labute approximate surface area is 160 Å². The van der Waals surface area contributed by atoms with Crippen LogP contribution in [-0.4, -0.2) is 23.8 Å². The predicted octanol–water partition coefficient (Wildman–Crippen LogP) is 4.90. The van der Waals surface area contributed by atoms with E-state index in [1.165, 1.54) is 23.6 Å². The van der Waals surface area contributed by atoms with E-state index in [1.807, 2.05) is 0 Å². The Hall–Kier alpha value is -1.22. The summed E-state index contributed by atoms with van der Waals surface area (Å²) in [6.07, 6.45) is 1.29. The van der Waals surface area contributed by atoms with E-state index in [2.05, 4.69) is 31.4 Å². The summed E-state index contributed by atoms with van der Waals surface area (Å²) in [6.45, 7) is 2.06. The first kappa shape index (κ1) is 19.1. The van der Waals surface area contributed by atoms with Crippen LogP contribution in [0.4, 0.5) is 9.52 Å². The van der Waals surface area contributed by atoms with Crippen LogP contribution in [-0.2, 0) is 16.0 Å². The van der Waals surface area contributed by atoms with Gasteiger partial charge in [-0.2, -0.15) is 5.10 Å². The van der Waals surface area contributed by atoms with Crippen LogP contribution in [0.3, 0.4) is 0 Å². The highest BCUT2D eigenvalue weighted by Gasteiger charge is 2.13. The van der Waals surface area contributed by atoms with E-state index in [-0.39, 0.29) is 28.0 Å². The summed E-state index contributed by atoms with van der Waals surface area (Å²) in [6, 6.07) is 1.48. The van der Waals surface area contributed by atoms with Gasteiger partial charge >= 0.3 is 5.97 Å². The van der Waals surface area contributed by atoms with Crippen molar-refractivity contribution < 1.29 is 13.9 Å². The quantitative estimate of drug-likeness (QED) is 0.221. The van der Waals surface area contributed by atoms with Crippen molar-refractivity contribution in [1.29, 1.82) is 0 Å². The number of hydrazone groups is 1. The van der Waals surface area contributed by atoms with Crippen LogP contribution in [0.1, 0.15) is 18.2 Å². The largest absolute Gasteiger partial charge is 0.466 e. The van der Waals surface area contributed by atoms with E-state index >= 15 is 0 Å². The van der Waals surface area contributed by atoms with Gasteiger partial charge in [0.2, 0.25) is 5.13 Å². The fourth-order valence-corrected chi connectivity index (χ4v) is 3.24. The number of ether oxygens (including phenoxy) is 1. The van der Waals surface area contributed by atoms with Gasteiger partial charge in [0.05, 0.1) is 40.5 Å². The monoisotopic (exact) mass is 453 g/mol. The maximum atomic E-state index is 14.0. The lowest BCUT2D eigenvalue weighted by atomic mass is 10.2. The van der Waals surface area contributed by atoms with E-state index in [0.29, 0.717) is 21.9 Å². The first-order valence-corrected chi connectivity index (χ1v) is 9.07. The Morgan fingerprint density at radius 3 is 3.04 bits per heavy atom. The van der Waals surface area contributed by atoms with Crippen molar-refractivity contribution in [1.82, 2.24) is 4.98 Å². The lowest BCUT2D eigenvalue weighted by Crippen LogP contribution is -2.07. The van der Waals surface area contributed by atoms with E-state index in [4.69, 9.17) is 27.9 Å². The average Bonchev–Trinajstić information content (AvgIpc) is 2.96. The van der Waals surface area contributed by atoms with E-state index < -0.39 is 5.82 Å². The molecular weight excluding hydrogens is 444 g/mol. The second-order valence-corrected chi connectivity index (χ2v) is 6.88. The molecule has 0 aliphatic carbocycles. The first-order valence-electron chi connectivity index (χ1n) is 6.64. The molecule has 24 heavy (non-hydrogen) atoms. The number of nitrogens with zero attached hydrogens (tertiary/aromatic N) is 2. The van der Waals surface area contributed by atoms with Gasteiger partial charge in [0.25, 0.3) is 0 Å². The van der Waals surface area contributed by atoms with Gasteiger partial charge in [-0.05, 0) is 28.9 Å². The third-order valence-corrected chi connectivity index (χ3v) is 5.02. The fraction of sp³-hybridized carbons (Fsp3) is 0.214. The van der Waals surface area contributed by atoms with Crippen LogP contribution in [0.15, 0.2) is 21.0 Å². The van der Waals surface area contributed by atoms with E-state index in [9.17, 15) is 9.18 Å². The molecule has 1 N–H and O–H groups in total. The number of rotatable bonds is 6. The zero-order valence-corrected chi connectivity index (χ0v) is 16.2. The molecule has 0 aliphatic rings. The second-order valence-electron chi connectivity index (χ2n) is 4.38. The number of hydrogen-bond acceptors (Lipinski definition) is 6. The van der Waals surface area contributed by atoms with Crippen molar-refractivity contribution in [2.45, 2.75) is 13.3 Å². The summed E-state index contributed by atoms with van der Waals surface area (Å²) in [7, 11) is 0. The number of carbonyl (C=O) groups is 1. The number of nitrogens with one attached hydrogen (secondary N) is 1. The summed E-state index contributed by atoms with van der Waals surface area (Å²) < 4.78 is 19.2. The summed E-state index contributed by atoms with van der Waals surface area (Å²) in [5.74, 6) is -1.03. The maximum absolute atomic E-state index is 14.0. The number of thiazole rings is 1. The van der Waals surface area contributed by atoms with E-state index in [0.717, 1.165) is 0 Å². The van der Waals surface area contributed by atoms with Crippen molar-refractivity contribution in [2.75, 3.05) is 12.0 Å². The summed E-state index contributed by atoms with van der Waals surface area (Å²) >= 11 is 16.1. The molecule has 2 aromatic rings. The Morgan fingerprint density at radius 2 is 2.33 bits per heavy atom. The van der Waals surface area contributed by atoms with Crippen LogP contribution in [0.5, 0.6) is 0 Å². The molecule has 0 amide bonds. The number of anilines is 1. The zero-order valence-electron chi connectivity index (χ0n) is 12.3. The van der Waals surface area contributed by atoms with E-state index in [1.54, 1.807) is 12.3 Å². The lowest BCUT2D eigenvalue weighted by Gasteiger charge is -2.04. The summed E-state index contributed by atoms with van der Waals surface area (Å²) in [4.78, 5) is 15.5. The Morgan fingerprint density at radius 1 is 1.58 bits per heavy atom. The number of benzene rings is 1. The highest BCUT2D eigenvalue weighted by molar-refractivity contribution is 9.10. The van der Waals surface area contributed by atoms with Gasteiger partial charge < -0.3 is 4.74 Å². The number of esters is 1. The Kier molecular flexibility index (Phi) is 6.97. The van der Waals surface area contributed by atoms with Crippen molar-refractivity contribution >= 4 is 67.8 Å². The average molecular weight is 455 g/mol. The summed E-state index contributed by atoms with van der Waals surface area (Å²) in [5, 5.41) is 6.13.